The summed E-state index contributed by atoms with van der Waals surface area (Å²) in [4.78, 5) is 12.2. The Kier molecular flexibility index (Phi) is 3.56. The standard InChI is InChI=1S/C16H18N2O/c1-10-8-12(3)15(9-11(10)2)18-16(19)13-6-4-5-7-14(13)17/h4-9H,17H2,1-3H3,(H,18,19). The van der Waals surface area contributed by atoms with Crippen LogP contribution in [0.5, 0.6) is 0 Å². The van der Waals surface area contributed by atoms with Crippen LogP contribution in [0.1, 0.15) is 27.0 Å². The first-order valence-corrected chi connectivity index (χ1v) is 6.22. The first-order chi connectivity index (χ1) is 8.99. The molecule has 0 aromatic heterocycles. The molecule has 98 valence electrons. The Hall–Kier alpha value is -2.29. The summed E-state index contributed by atoms with van der Waals surface area (Å²) in [5.41, 5.74) is 11.0. The van der Waals surface area contributed by atoms with E-state index < -0.39 is 0 Å². The molecule has 0 fully saturated rings. The summed E-state index contributed by atoms with van der Waals surface area (Å²) in [6.45, 7) is 6.07. The van der Waals surface area contributed by atoms with E-state index in [1.807, 2.05) is 26.0 Å². The molecule has 19 heavy (non-hydrogen) atoms. The fraction of sp³-hybridized carbons (Fsp3) is 0.188. The minimum Gasteiger partial charge on any atom is -0.398 e. The van der Waals surface area contributed by atoms with Gasteiger partial charge in [-0.3, -0.25) is 4.79 Å². The van der Waals surface area contributed by atoms with E-state index in [1.54, 1.807) is 18.2 Å². The van der Waals surface area contributed by atoms with Crippen LogP contribution in [0.3, 0.4) is 0 Å². The third kappa shape index (κ3) is 2.76. The maximum Gasteiger partial charge on any atom is 0.257 e. The van der Waals surface area contributed by atoms with Crippen molar-refractivity contribution in [1.29, 1.82) is 0 Å². The molecule has 0 aliphatic rings. The summed E-state index contributed by atoms with van der Waals surface area (Å²) < 4.78 is 0. The maximum absolute atomic E-state index is 12.2. The van der Waals surface area contributed by atoms with E-state index in [2.05, 4.69) is 18.3 Å². The molecule has 0 heterocycles. The van der Waals surface area contributed by atoms with Crippen LogP contribution in [0.15, 0.2) is 36.4 Å². The lowest BCUT2D eigenvalue weighted by atomic mass is 10.0. The molecule has 3 heteroatoms. The highest BCUT2D eigenvalue weighted by Gasteiger charge is 2.11. The van der Waals surface area contributed by atoms with Gasteiger partial charge in [-0.05, 0) is 55.7 Å². The predicted molar refractivity (Wildman–Crippen MR) is 79.5 cm³/mol. The molecule has 3 nitrogen and oxygen atoms in total. The Morgan fingerprint density at radius 2 is 1.63 bits per heavy atom. The van der Waals surface area contributed by atoms with E-state index >= 15 is 0 Å². The zero-order valence-electron chi connectivity index (χ0n) is 11.4. The monoisotopic (exact) mass is 254 g/mol. The van der Waals surface area contributed by atoms with E-state index in [0.717, 1.165) is 16.8 Å². The molecule has 0 spiro atoms. The van der Waals surface area contributed by atoms with Crippen molar-refractivity contribution in [3.8, 4) is 0 Å². The van der Waals surface area contributed by atoms with Gasteiger partial charge >= 0.3 is 0 Å². The number of anilines is 2. The molecule has 0 saturated carbocycles. The summed E-state index contributed by atoms with van der Waals surface area (Å²) in [6, 6.07) is 11.1. The molecule has 0 saturated heterocycles. The van der Waals surface area contributed by atoms with E-state index in [4.69, 9.17) is 5.73 Å². The molecular formula is C16H18N2O. The third-order valence-corrected chi connectivity index (χ3v) is 3.29. The topological polar surface area (TPSA) is 55.1 Å². The molecule has 0 aliphatic carbocycles. The van der Waals surface area contributed by atoms with Crippen LogP contribution in [0.2, 0.25) is 0 Å². The number of hydrogen-bond donors (Lipinski definition) is 2. The summed E-state index contributed by atoms with van der Waals surface area (Å²) in [6.07, 6.45) is 0. The largest absolute Gasteiger partial charge is 0.398 e. The van der Waals surface area contributed by atoms with Gasteiger partial charge in [0.2, 0.25) is 0 Å². The number of para-hydroxylation sites is 1. The molecule has 3 N–H and O–H groups in total. The highest BCUT2D eigenvalue weighted by atomic mass is 16.1. The Morgan fingerprint density at radius 3 is 2.32 bits per heavy atom. The van der Waals surface area contributed by atoms with Crippen molar-refractivity contribution in [3.05, 3.63) is 58.7 Å². The van der Waals surface area contributed by atoms with Gasteiger partial charge in [0.1, 0.15) is 0 Å². The number of amides is 1. The number of aryl methyl sites for hydroxylation is 3. The number of carbonyl (C=O) groups excluding carboxylic acids is 1. The SMILES string of the molecule is Cc1cc(C)c(NC(=O)c2ccccc2N)cc1C. The van der Waals surface area contributed by atoms with Crippen LogP contribution in [-0.2, 0) is 0 Å². The van der Waals surface area contributed by atoms with Gasteiger partial charge in [0.05, 0.1) is 5.56 Å². The van der Waals surface area contributed by atoms with Crippen molar-refractivity contribution in [1.82, 2.24) is 0 Å². The number of nitrogens with two attached hydrogens (primary N) is 1. The van der Waals surface area contributed by atoms with E-state index in [-0.39, 0.29) is 5.91 Å². The molecule has 0 aliphatic heterocycles. The second-order valence-electron chi connectivity index (χ2n) is 4.79. The number of nitrogens with one attached hydrogen (secondary N) is 1. The Balaban J connectivity index is 2.30. The van der Waals surface area contributed by atoms with Crippen LogP contribution in [0.4, 0.5) is 11.4 Å². The van der Waals surface area contributed by atoms with Gasteiger partial charge in [0, 0.05) is 11.4 Å². The van der Waals surface area contributed by atoms with Crippen molar-refractivity contribution in [2.45, 2.75) is 20.8 Å². The normalized spacial score (nSPS) is 10.3. The van der Waals surface area contributed by atoms with E-state index in [1.165, 1.54) is 5.56 Å². The van der Waals surface area contributed by atoms with Gasteiger partial charge in [-0.1, -0.05) is 18.2 Å². The number of hydrogen-bond acceptors (Lipinski definition) is 2. The van der Waals surface area contributed by atoms with Gasteiger partial charge in [0.25, 0.3) is 5.91 Å². The molecule has 1 amide bonds. The van der Waals surface area contributed by atoms with Gasteiger partial charge in [-0.25, -0.2) is 0 Å². The molecular weight excluding hydrogens is 236 g/mol. The van der Waals surface area contributed by atoms with Crippen molar-refractivity contribution >= 4 is 17.3 Å². The summed E-state index contributed by atoms with van der Waals surface area (Å²) in [5.74, 6) is -0.176. The van der Waals surface area contributed by atoms with Crippen LogP contribution >= 0.6 is 0 Å². The Bertz CT molecular complexity index is 633. The van der Waals surface area contributed by atoms with Crippen LogP contribution in [0, 0.1) is 20.8 Å². The van der Waals surface area contributed by atoms with E-state index in [0.29, 0.717) is 11.3 Å². The predicted octanol–water partition coefficient (Wildman–Crippen LogP) is 3.45. The van der Waals surface area contributed by atoms with Crippen molar-refractivity contribution in [2.75, 3.05) is 11.1 Å². The summed E-state index contributed by atoms with van der Waals surface area (Å²) in [7, 11) is 0. The minimum absolute atomic E-state index is 0.176. The molecule has 0 radical (unpaired) electrons. The quantitative estimate of drug-likeness (QED) is 0.806. The zero-order chi connectivity index (χ0) is 14.0. The molecule has 0 unspecified atom stereocenters. The third-order valence-electron chi connectivity index (χ3n) is 3.29. The minimum atomic E-state index is -0.176. The van der Waals surface area contributed by atoms with Crippen LogP contribution in [-0.4, -0.2) is 5.91 Å². The summed E-state index contributed by atoms with van der Waals surface area (Å²) in [5, 5.41) is 2.92. The molecule has 2 aromatic carbocycles. The lowest BCUT2D eigenvalue weighted by Gasteiger charge is -2.12. The highest BCUT2D eigenvalue weighted by molar-refractivity contribution is 6.08. The Morgan fingerprint density at radius 1 is 1.00 bits per heavy atom. The second-order valence-corrected chi connectivity index (χ2v) is 4.79. The van der Waals surface area contributed by atoms with Gasteiger partial charge in [-0.2, -0.15) is 0 Å². The smallest absolute Gasteiger partial charge is 0.257 e. The van der Waals surface area contributed by atoms with Crippen molar-refractivity contribution < 1.29 is 4.79 Å². The number of rotatable bonds is 2. The van der Waals surface area contributed by atoms with Crippen molar-refractivity contribution in [2.24, 2.45) is 0 Å². The van der Waals surface area contributed by atoms with Gasteiger partial charge in [-0.15, -0.1) is 0 Å². The highest BCUT2D eigenvalue weighted by Crippen LogP contribution is 2.21. The zero-order valence-corrected chi connectivity index (χ0v) is 11.4. The van der Waals surface area contributed by atoms with Gasteiger partial charge < -0.3 is 11.1 Å². The Labute approximate surface area is 113 Å². The molecule has 0 bridgehead atoms. The average Bonchev–Trinajstić information content (AvgIpc) is 2.36. The fourth-order valence-corrected chi connectivity index (χ4v) is 1.99. The average molecular weight is 254 g/mol. The van der Waals surface area contributed by atoms with Crippen LogP contribution in [0.25, 0.3) is 0 Å². The second kappa shape index (κ2) is 5.14. The lowest BCUT2D eigenvalue weighted by molar-refractivity contribution is 0.102. The van der Waals surface area contributed by atoms with Crippen molar-refractivity contribution in [3.63, 3.8) is 0 Å². The van der Waals surface area contributed by atoms with Crippen LogP contribution < -0.4 is 11.1 Å². The maximum atomic E-state index is 12.2. The fourth-order valence-electron chi connectivity index (χ4n) is 1.99. The summed E-state index contributed by atoms with van der Waals surface area (Å²) >= 11 is 0. The molecule has 2 rings (SSSR count). The number of carbonyl (C=O) groups is 1. The number of benzene rings is 2. The first-order valence-electron chi connectivity index (χ1n) is 6.22. The molecule has 0 atom stereocenters. The molecule has 2 aromatic rings. The number of nitrogen functional groups attached to an aromatic ring is 1. The lowest BCUT2D eigenvalue weighted by Crippen LogP contribution is -2.14. The van der Waals surface area contributed by atoms with Gasteiger partial charge in [0.15, 0.2) is 0 Å². The first kappa shape index (κ1) is 13.1. The van der Waals surface area contributed by atoms with E-state index in [9.17, 15) is 4.79 Å².